The van der Waals surface area contributed by atoms with Gasteiger partial charge in [0.25, 0.3) is 0 Å². The van der Waals surface area contributed by atoms with Crippen molar-refractivity contribution in [3.8, 4) is 5.75 Å². The summed E-state index contributed by atoms with van der Waals surface area (Å²) in [5.74, 6) is 0.105. The van der Waals surface area contributed by atoms with Crippen molar-refractivity contribution in [1.82, 2.24) is 9.80 Å². The first-order valence-electron chi connectivity index (χ1n) is 8.74. The molecule has 0 bridgehead atoms. The standard InChI is InChI=1S/C20H25FN2O2/c21-20-4-2-1-3-17(20)14-23-11-10-22(15-18(23)9-12-24)13-16-5-7-19(25)8-6-16/h1-8,18,24-25H,9-15H2/t18-/m1/s1. The second-order valence-corrected chi connectivity index (χ2v) is 6.63. The monoisotopic (exact) mass is 344 g/mol. The van der Waals surface area contributed by atoms with E-state index in [1.165, 1.54) is 6.07 Å². The minimum atomic E-state index is -0.170. The molecule has 134 valence electrons. The number of aliphatic hydroxyl groups is 1. The van der Waals surface area contributed by atoms with E-state index < -0.39 is 0 Å². The van der Waals surface area contributed by atoms with Gasteiger partial charge >= 0.3 is 0 Å². The molecule has 1 aliphatic heterocycles. The lowest BCUT2D eigenvalue weighted by atomic mass is 10.1. The Hall–Kier alpha value is -1.95. The van der Waals surface area contributed by atoms with Crippen LogP contribution in [-0.2, 0) is 13.1 Å². The van der Waals surface area contributed by atoms with Crippen LogP contribution < -0.4 is 0 Å². The zero-order chi connectivity index (χ0) is 17.6. The number of aromatic hydroxyl groups is 1. The summed E-state index contributed by atoms with van der Waals surface area (Å²) < 4.78 is 13.9. The highest BCUT2D eigenvalue weighted by atomic mass is 19.1. The molecule has 1 saturated heterocycles. The van der Waals surface area contributed by atoms with Gasteiger partial charge in [0.15, 0.2) is 0 Å². The fraction of sp³-hybridized carbons (Fsp3) is 0.400. The van der Waals surface area contributed by atoms with Crippen LogP contribution in [-0.4, -0.2) is 52.3 Å². The van der Waals surface area contributed by atoms with E-state index in [0.29, 0.717) is 18.5 Å². The van der Waals surface area contributed by atoms with Crippen LogP contribution in [0.15, 0.2) is 48.5 Å². The maximum absolute atomic E-state index is 13.9. The first kappa shape index (κ1) is 17.9. The van der Waals surface area contributed by atoms with Crippen LogP contribution in [0.25, 0.3) is 0 Å². The largest absolute Gasteiger partial charge is 0.508 e. The molecule has 3 rings (SSSR count). The summed E-state index contributed by atoms with van der Waals surface area (Å²) in [7, 11) is 0. The van der Waals surface area contributed by atoms with Crippen LogP contribution in [0.5, 0.6) is 5.75 Å². The Balaban J connectivity index is 1.63. The molecule has 0 saturated carbocycles. The first-order chi connectivity index (χ1) is 12.2. The van der Waals surface area contributed by atoms with Crippen molar-refractivity contribution in [3.63, 3.8) is 0 Å². The zero-order valence-corrected chi connectivity index (χ0v) is 14.3. The van der Waals surface area contributed by atoms with Gasteiger partial charge in [-0.05, 0) is 30.2 Å². The average Bonchev–Trinajstić information content (AvgIpc) is 2.61. The number of aliphatic hydroxyl groups excluding tert-OH is 1. The predicted octanol–water partition coefficient (Wildman–Crippen LogP) is 2.60. The summed E-state index contributed by atoms with van der Waals surface area (Å²) in [5.41, 5.74) is 1.86. The molecular weight excluding hydrogens is 319 g/mol. The van der Waals surface area contributed by atoms with Gasteiger partial charge < -0.3 is 10.2 Å². The van der Waals surface area contributed by atoms with Gasteiger partial charge in [0, 0.05) is 50.9 Å². The molecule has 5 heteroatoms. The third kappa shape index (κ3) is 4.78. The van der Waals surface area contributed by atoms with Crippen LogP contribution in [0.4, 0.5) is 4.39 Å². The molecule has 2 aromatic carbocycles. The van der Waals surface area contributed by atoms with Crippen molar-refractivity contribution in [1.29, 1.82) is 0 Å². The number of hydrogen-bond donors (Lipinski definition) is 2. The van der Waals surface area contributed by atoms with E-state index in [-0.39, 0.29) is 24.2 Å². The lowest BCUT2D eigenvalue weighted by molar-refractivity contribution is 0.0493. The van der Waals surface area contributed by atoms with E-state index in [4.69, 9.17) is 0 Å². The molecule has 0 unspecified atom stereocenters. The van der Waals surface area contributed by atoms with E-state index in [9.17, 15) is 14.6 Å². The number of phenols is 1. The van der Waals surface area contributed by atoms with Crippen LogP contribution in [0.3, 0.4) is 0 Å². The van der Waals surface area contributed by atoms with Crippen molar-refractivity contribution in [2.75, 3.05) is 26.2 Å². The lowest BCUT2D eigenvalue weighted by Crippen LogP contribution is -2.52. The molecule has 4 nitrogen and oxygen atoms in total. The number of phenolic OH excluding ortho intramolecular Hbond substituents is 1. The summed E-state index contributed by atoms with van der Waals surface area (Å²) in [4.78, 5) is 4.62. The van der Waals surface area contributed by atoms with Crippen LogP contribution in [0, 0.1) is 5.82 Å². The summed E-state index contributed by atoms with van der Waals surface area (Å²) in [6.07, 6.45) is 0.681. The lowest BCUT2D eigenvalue weighted by Gasteiger charge is -2.41. The first-order valence-corrected chi connectivity index (χ1v) is 8.74. The van der Waals surface area contributed by atoms with Gasteiger partial charge in [-0.2, -0.15) is 0 Å². The highest BCUT2D eigenvalue weighted by Gasteiger charge is 2.27. The van der Waals surface area contributed by atoms with E-state index in [1.54, 1.807) is 18.2 Å². The van der Waals surface area contributed by atoms with Crippen LogP contribution in [0.1, 0.15) is 17.5 Å². The van der Waals surface area contributed by atoms with Gasteiger partial charge in [0.05, 0.1) is 0 Å². The van der Waals surface area contributed by atoms with E-state index >= 15 is 0 Å². The molecule has 1 atom stereocenters. The molecule has 1 fully saturated rings. The van der Waals surface area contributed by atoms with Crippen LogP contribution in [0.2, 0.25) is 0 Å². The molecule has 1 heterocycles. The summed E-state index contributed by atoms with van der Waals surface area (Å²) in [5, 5.41) is 18.8. The third-order valence-electron chi connectivity index (χ3n) is 4.82. The molecule has 0 amide bonds. The average molecular weight is 344 g/mol. The quantitative estimate of drug-likeness (QED) is 0.846. The number of rotatable bonds is 6. The zero-order valence-electron chi connectivity index (χ0n) is 14.3. The van der Waals surface area contributed by atoms with Gasteiger partial charge in [-0.3, -0.25) is 9.80 Å². The number of nitrogens with zero attached hydrogens (tertiary/aromatic N) is 2. The van der Waals surface area contributed by atoms with Crippen molar-refractivity contribution in [3.05, 3.63) is 65.5 Å². The van der Waals surface area contributed by atoms with E-state index in [2.05, 4.69) is 9.80 Å². The second kappa shape index (κ2) is 8.43. The number of piperazine rings is 1. The number of halogens is 1. The molecule has 0 aromatic heterocycles. The molecule has 0 aliphatic carbocycles. The second-order valence-electron chi connectivity index (χ2n) is 6.63. The Kier molecular flexibility index (Phi) is 6.02. The summed E-state index contributed by atoms with van der Waals surface area (Å²) >= 11 is 0. The fourth-order valence-corrected chi connectivity index (χ4v) is 3.44. The maximum atomic E-state index is 13.9. The Morgan fingerprint density at radius 1 is 1.00 bits per heavy atom. The molecule has 25 heavy (non-hydrogen) atoms. The maximum Gasteiger partial charge on any atom is 0.127 e. The SMILES string of the molecule is OCC[C@@H]1CN(Cc2ccc(O)cc2)CCN1Cc1ccccc1F. The molecule has 2 N–H and O–H groups in total. The van der Waals surface area contributed by atoms with Crippen molar-refractivity contribution in [2.45, 2.75) is 25.6 Å². The van der Waals surface area contributed by atoms with Gasteiger partial charge in [-0.15, -0.1) is 0 Å². The highest BCUT2D eigenvalue weighted by molar-refractivity contribution is 5.26. The highest BCUT2D eigenvalue weighted by Crippen LogP contribution is 2.20. The van der Waals surface area contributed by atoms with Crippen molar-refractivity contribution < 1.29 is 14.6 Å². The minimum Gasteiger partial charge on any atom is -0.508 e. The normalized spacial score (nSPS) is 19.2. The minimum absolute atomic E-state index is 0.130. The third-order valence-corrected chi connectivity index (χ3v) is 4.82. The molecular formula is C20H25FN2O2. The van der Waals surface area contributed by atoms with Crippen molar-refractivity contribution >= 4 is 0 Å². The predicted molar refractivity (Wildman–Crippen MR) is 95.7 cm³/mol. The van der Waals surface area contributed by atoms with Crippen LogP contribution >= 0.6 is 0 Å². The topological polar surface area (TPSA) is 46.9 Å². The molecule has 0 spiro atoms. The smallest absolute Gasteiger partial charge is 0.127 e. The molecule has 2 aromatic rings. The van der Waals surface area contributed by atoms with Gasteiger partial charge in [-0.1, -0.05) is 30.3 Å². The fourth-order valence-electron chi connectivity index (χ4n) is 3.44. The van der Waals surface area contributed by atoms with Crippen molar-refractivity contribution in [2.24, 2.45) is 0 Å². The summed E-state index contributed by atoms with van der Waals surface area (Å²) in [6, 6.07) is 14.4. The Morgan fingerprint density at radius 3 is 2.48 bits per heavy atom. The Morgan fingerprint density at radius 2 is 1.76 bits per heavy atom. The van der Waals surface area contributed by atoms with E-state index in [0.717, 1.165) is 31.7 Å². The molecule has 1 aliphatic rings. The molecule has 0 radical (unpaired) electrons. The van der Waals surface area contributed by atoms with Gasteiger partial charge in [0.1, 0.15) is 11.6 Å². The van der Waals surface area contributed by atoms with Gasteiger partial charge in [-0.25, -0.2) is 4.39 Å². The number of hydrogen-bond acceptors (Lipinski definition) is 4. The van der Waals surface area contributed by atoms with Gasteiger partial charge in [0.2, 0.25) is 0 Å². The Bertz CT molecular complexity index is 678. The number of benzene rings is 2. The van der Waals surface area contributed by atoms with E-state index in [1.807, 2.05) is 24.3 Å². The summed E-state index contributed by atoms with van der Waals surface area (Å²) in [6.45, 7) is 4.11. The Labute approximate surface area is 148 Å².